The maximum atomic E-state index is 13.8. The quantitative estimate of drug-likeness (QED) is 0.526. The molecule has 4 aromatic rings. The minimum atomic E-state index is -0.534. The second-order valence-electron chi connectivity index (χ2n) is 5.66. The molecule has 0 atom stereocenters. The van der Waals surface area contributed by atoms with Gasteiger partial charge >= 0.3 is 5.97 Å². The van der Waals surface area contributed by atoms with Crippen molar-refractivity contribution >= 4 is 11.6 Å². The number of fused-ring (bicyclic) bond motifs is 1. The van der Waals surface area contributed by atoms with E-state index >= 15 is 0 Å². The lowest BCUT2D eigenvalue weighted by atomic mass is 9.99. The smallest absolute Gasteiger partial charge is 0.342 e. The molecule has 0 N–H and O–H groups in total. The van der Waals surface area contributed by atoms with E-state index in [0.717, 1.165) is 5.69 Å². The van der Waals surface area contributed by atoms with Crippen molar-refractivity contribution in [1.29, 1.82) is 0 Å². The number of hydrogen-bond donors (Lipinski definition) is 0. The van der Waals surface area contributed by atoms with Crippen LogP contribution in [0.4, 0.5) is 4.39 Å². The highest BCUT2D eigenvalue weighted by molar-refractivity contribution is 6.04. The van der Waals surface area contributed by atoms with Crippen molar-refractivity contribution in [1.82, 2.24) is 14.4 Å². The van der Waals surface area contributed by atoms with Crippen molar-refractivity contribution < 1.29 is 13.9 Å². The van der Waals surface area contributed by atoms with Gasteiger partial charge in [0, 0.05) is 24.2 Å². The Balaban J connectivity index is 2.10. The van der Waals surface area contributed by atoms with Gasteiger partial charge in [0.1, 0.15) is 11.4 Å². The van der Waals surface area contributed by atoms with E-state index in [1.807, 2.05) is 18.2 Å². The van der Waals surface area contributed by atoms with Crippen molar-refractivity contribution in [3.63, 3.8) is 0 Å². The summed E-state index contributed by atoms with van der Waals surface area (Å²) < 4.78 is 20.5. The summed E-state index contributed by atoms with van der Waals surface area (Å²) in [6.45, 7) is 0. The monoisotopic (exact) mass is 347 g/mol. The van der Waals surface area contributed by atoms with E-state index in [-0.39, 0.29) is 11.4 Å². The van der Waals surface area contributed by atoms with Gasteiger partial charge in [-0.1, -0.05) is 18.2 Å². The highest BCUT2D eigenvalue weighted by Gasteiger charge is 2.22. The van der Waals surface area contributed by atoms with Crippen molar-refractivity contribution in [2.75, 3.05) is 7.11 Å². The lowest BCUT2D eigenvalue weighted by molar-refractivity contribution is 0.0603. The standard InChI is InChI=1S/C20H14FN3O2/c1-26-20(25)18-15(13-5-4-6-14(21)11-13)12-17(16-7-2-3-8-22-16)24-10-9-23-19(18)24/h2-12H,1H3. The highest BCUT2D eigenvalue weighted by atomic mass is 19.1. The third kappa shape index (κ3) is 2.61. The number of carbonyl (C=O) groups is 1. The molecule has 3 heterocycles. The van der Waals surface area contributed by atoms with Gasteiger partial charge in [0.05, 0.1) is 18.5 Å². The molecular formula is C20H14FN3O2. The molecule has 26 heavy (non-hydrogen) atoms. The molecule has 0 unspecified atom stereocenters. The molecule has 0 aliphatic rings. The third-order valence-electron chi connectivity index (χ3n) is 4.13. The first-order valence-electron chi connectivity index (χ1n) is 7.95. The highest BCUT2D eigenvalue weighted by Crippen LogP contribution is 2.32. The van der Waals surface area contributed by atoms with E-state index in [0.29, 0.717) is 22.5 Å². The molecule has 0 aliphatic carbocycles. The van der Waals surface area contributed by atoms with Crippen LogP contribution < -0.4 is 0 Å². The van der Waals surface area contributed by atoms with Crippen LogP contribution in [0.5, 0.6) is 0 Å². The van der Waals surface area contributed by atoms with Crippen molar-refractivity contribution in [3.05, 3.63) is 78.5 Å². The molecule has 1 aromatic carbocycles. The Morgan fingerprint density at radius 3 is 2.69 bits per heavy atom. The second kappa shape index (κ2) is 6.40. The van der Waals surface area contributed by atoms with Crippen LogP contribution in [0.15, 0.2) is 67.1 Å². The summed E-state index contributed by atoms with van der Waals surface area (Å²) in [6, 6.07) is 13.4. The zero-order valence-electron chi connectivity index (χ0n) is 13.9. The van der Waals surface area contributed by atoms with Crippen molar-refractivity contribution in [2.24, 2.45) is 0 Å². The minimum Gasteiger partial charge on any atom is -0.465 e. The molecule has 0 saturated carbocycles. The second-order valence-corrected chi connectivity index (χ2v) is 5.66. The Morgan fingerprint density at radius 1 is 1.08 bits per heavy atom. The normalized spacial score (nSPS) is 10.8. The van der Waals surface area contributed by atoms with Gasteiger partial charge in [0.15, 0.2) is 5.65 Å². The number of carbonyl (C=O) groups excluding carboxylic acids is 1. The van der Waals surface area contributed by atoms with E-state index in [2.05, 4.69) is 9.97 Å². The molecule has 0 radical (unpaired) electrons. The molecule has 0 bridgehead atoms. The summed E-state index contributed by atoms with van der Waals surface area (Å²) in [5.41, 5.74) is 3.26. The van der Waals surface area contributed by atoms with Crippen LogP contribution >= 0.6 is 0 Å². The third-order valence-corrected chi connectivity index (χ3v) is 4.13. The van der Waals surface area contributed by atoms with E-state index in [1.54, 1.807) is 41.2 Å². The number of hydrogen-bond acceptors (Lipinski definition) is 4. The Labute approximate surface area is 148 Å². The van der Waals surface area contributed by atoms with Crippen molar-refractivity contribution in [3.8, 4) is 22.5 Å². The zero-order chi connectivity index (χ0) is 18.1. The largest absolute Gasteiger partial charge is 0.465 e. The molecule has 5 nitrogen and oxygen atoms in total. The number of pyridine rings is 2. The Hall–Kier alpha value is -3.54. The zero-order valence-corrected chi connectivity index (χ0v) is 13.9. The number of nitrogens with zero attached hydrogens (tertiary/aromatic N) is 3. The number of benzene rings is 1. The first kappa shape index (κ1) is 16.0. The van der Waals surface area contributed by atoms with Gasteiger partial charge in [-0.25, -0.2) is 14.2 Å². The molecular weight excluding hydrogens is 333 g/mol. The summed E-state index contributed by atoms with van der Waals surface area (Å²) in [5.74, 6) is -0.922. The Bertz CT molecular complexity index is 1110. The van der Waals surface area contributed by atoms with Gasteiger partial charge in [-0.05, 0) is 35.9 Å². The molecule has 0 fully saturated rings. The first-order valence-corrected chi connectivity index (χ1v) is 7.95. The number of esters is 1. The number of imidazole rings is 1. The molecule has 128 valence electrons. The number of rotatable bonds is 3. The SMILES string of the molecule is COC(=O)c1c(-c2cccc(F)c2)cc(-c2ccccn2)n2ccnc12. The summed E-state index contributed by atoms with van der Waals surface area (Å²) in [5, 5.41) is 0. The lowest BCUT2D eigenvalue weighted by Gasteiger charge is -2.14. The van der Waals surface area contributed by atoms with Crippen LogP contribution in [0, 0.1) is 5.82 Å². The predicted octanol–water partition coefficient (Wildman–Crippen LogP) is 3.99. The van der Waals surface area contributed by atoms with Gasteiger partial charge in [0.25, 0.3) is 0 Å². The van der Waals surface area contributed by atoms with E-state index in [4.69, 9.17) is 4.74 Å². The number of halogens is 1. The first-order chi connectivity index (χ1) is 12.7. The molecule has 0 saturated heterocycles. The van der Waals surface area contributed by atoms with Gasteiger partial charge < -0.3 is 4.74 Å². The van der Waals surface area contributed by atoms with Crippen LogP contribution in [0.3, 0.4) is 0 Å². The summed E-state index contributed by atoms with van der Waals surface area (Å²) in [4.78, 5) is 21.2. The van der Waals surface area contributed by atoms with E-state index in [9.17, 15) is 9.18 Å². The van der Waals surface area contributed by atoms with Crippen molar-refractivity contribution in [2.45, 2.75) is 0 Å². The van der Waals surface area contributed by atoms with Crippen LogP contribution in [0.25, 0.3) is 28.2 Å². The number of aromatic nitrogens is 3. The van der Waals surface area contributed by atoms with Gasteiger partial charge in [-0.15, -0.1) is 0 Å². The van der Waals surface area contributed by atoms with Crippen LogP contribution in [0.1, 0.15) is 10.4 Å². The van der Waals surface area contributed by atoms with Crippen LogP contribution in [0.2, 0.25) is 0 Å². The van der Waals surface area contributed by atoms with Crippen LogP contribution in [-0.2, 0) is 4.74 Å². The predicted molar refractivity (Wildman–Crippen MR) is 95.2 cm³/mol. The summed E-state index contributed by atoms with van der Waals surface area (Å²) >= 11 is 0. The van der Waals surface area contributed by atoms with Gasteiger partial charge in [-0.2, -0.15) is 0 Å². The molecule has 6 heteroatoms. The van der Waals surface area contributed by atoms with E-state index < -0.39 is 5.97 Å². The van der Waals surface area contributed by atoms with E-state index in [1.165, 1.54) is 19.2 Å². The Morgan fingerprint density at radius 2 is 1.96 bits per heavy atom. The number of ether oxygens (including phenoxy) is 1. The Kier molecular flexibility index (Phi) is 3.93. The van der Waals surface area contributed by atoms with Gasteiger partial charge in [-0.3, -0.25) is 9.38 Å². The number of methoxy groups -OCH3 is 1. The maximum Gasteiger partial charge on any atom is 0.342 e. The molecule has 0 amide bonds. The minimum absolute atomic E-state index is 0.280. The topological polar surface area (TPSA) is 56.5 Å². The fourth-order valence-corrected chi connectivity index (χ4v) is 2.98. The average molecular weight is 347 g/mol. The van der Waals surface area contributed by atoms with Crippen LogP contribution in [-0.4, -0.2) is 27.4 Å². The molecule has 4 rings (SSSR count). The maximum absolute atomic E-state index is 13.8. The average Bonchev–Trinajstić information content (AvgIpc) is 3.16. The molecule has 0 aliphatic heterocycles. The molecule has 3 aromatic heterocycles. The lowest BCUT2D eigenvalue weighted by Crippen LogP contribution is -2.09. The summed E-state index contributed by atoms with van der Waals surface area (Å²) in [6.07, 6.45) is 5.04. The molecule has 0 spiro atoms. The fourth-order valence-electron chi connectivity index (χ4n) is 2.98. The summed E-state index contributed by atoms with van der Waals surface area (Å²) in [7, 11) is 1.31. The fraction of sp³-hybridized carbons (Fsp3) is 0.0500. The van der Waals surface area contributed by atoms with Gasteiger partial charge in [0.2, 0.25) is 0 Å².